The summed E-state index contributed by atoms with van der Waals surface area (Å²) in [5.41, 5.74) is 0.132. The summed E-state index contributed by atoms with van der Waals surface area (Å²) in [6.07, 6.45) is -1.90. The van der Waals surface area contributed by atoms with Crippen LogP contribution in [-0.4, -0.2) is 35.8 Å². The Kier molecular flexibility index (Phi) is 6.08. The lowest BCUT2D eigenvalue weighted by Crippen LogP contribution is -2.46. The van der Waals surface area contributed by atoms with E-state index in [0.29, 0.717) is 19.0 Å². The molecule has 0 aromatic heterocycles. The zero-order valence-corrected chi connectivity index (χ0v) is 17.5. The highest BCUT2D eigenvalue weighted by Gasteiger charge is 2.44. The molecule has 2 amide bonds. The molecule has 0 bridgehead atoms. The molecular weight excluding hydrogens is 429 g/mol. The van der Waals surface area contributed by atoms with Crippen molar-refractivity contribution >= 4 is 29.1 Å². The Labute approximate surface area is 183 Å². The van der Waals surface area contributed by atoms with E-state index in [9.17, 15) is 22.8 Å². The minimum atomic E-state index is -4.67. The number of carbonyl (C=O) groups is 2. The summed E-state index contributed by atoms with van der Waals surface area (Å²) in [5, 5.41) is -0.465. The van der Waals surface area contributed by atoms with Gasteiger partial charge in [0, 0.05) is 0 Å². The minimum absolute atomic E-state index is 0.0217. The van der Waals surface area contributed by atoms with Gasteiger partial charge in [-0.1, -0.05) is 41.9 Å². The van der Waals surface area contributed by atoms with E-state index in [0.717, 1.165) is 36.3 Å². The second-order valence-corrected chi connectivity index (χ2v) is 8.53. The molecule has 31 heavy (non-hydrogen) atoms. The molecule has 0 saturated carbocycles. The monoisotopic (exact) mass is 450 g/mol. The van der Waals surface area contributed by atoms with Gasteiger partial charge in [-0.25, -0.2) is 4.90 Å². The number of piperidine rings is 1. The second-order valence-electron chi connectivity index (χ2n) is 8.12. The predicted octanol–water partition coefficient (Wildman–Crippen LogP) is 4.95. The fraction of sp³-hybridized carbons (Fsp3) is 0.391. The molecule has 0 radical (unpaired) electrons. The molecule has 0 spiro atoms. The molecule has 2 heterocycles. The number of imide groups is 1. The van der Waals surface area contributed by atoms with Gasteiger partial charge < -0.3 is 0 Å². The fourth-order valence-electron chi connectivity index (χ4n) is 4.46. The number of benzene rings is 2. The Morgan fingerprint density at radius 1 is 1.00 bits per heavy atom. The summed E-state index contributed by atoms with van der Waals surface area (Å²) < 4.78 is 39.6. The van der Waals surface area contributed by atoms with Crippen LogP contribution in [-0.2, 0) is 22.2 Å². The van der Waals surface area contributed by atoms with Crippen molar-refractivity contribution in [3.63, 3.8) is 0 Å². The minimum Gasteiger partial charge on any atom is -0.292 e. The van der Waals surface area contributed by atoms with E-state index in [2.05, 4.69) is 12.1 Å². The maximum Gasteiger partial charge on any atom is 0.417 e. The lowest BCUT2D eigenvalue weighted by Gasteiger charge is -2.34. The van der Waals surface area contributed by atoms with Gasteiger partial charge in [0.15, 0.2) is 0 Å². The first-order valence-corrected chi connectivity index (χ1v) is 10.6. The highest BCUT2D eigenvalue weighted by atomic mass is 35.5. The van der Waals surface area contributed by atoms with Crippen LogP contribution < -0.4 is 4.90 Å². The Morgan fingerprint density at radius 3 is 2.32 bits per heavy atom. The third-order valence-electron chi connectivity index (χ3n) is 6.09. The normalized spacial score (nSPS) is 21.2. The van der Waals surface area contributed by atoms with Crippen LogP contribution in [0, 0.1) is 5.92 Å². The van der Waals surface area contributed by atoms with Crippen molar-refractivity contribution in [2.24, 2.45) is 5.92 Å². The summed E-state index contributed by atoms with van der Waals surface area (Å²) in [7, 11) is 0. The van der Waals surface area contributed by atoms with Crippen LogP contribution in [0.2, 0.25) is 5.02 Å². The maximum absolute atomic E-state index is 13.2. The number of halogens is 4. The molecule has 2 fully saturated rings. The van der Waals surface area contributed by atoms with E-state index in [1.165, 1.54) is 11.6 Å². The Morgan fingerprint density at radius 2 is 1.68 bits per heavy atom. The number of carbonyl (C=O) groups excluding carboxylic acids is 2. The van der Waals surface area contributed by atoms with Crippen LogP contribution in [0.5, 0.6) is 0 Å². The third-order valence-corrected chi connectivity index (χ3v) is 6.42. The number of amides is 2. The van der Waals surface area contributed by atoms with Crippen LogP contribution in [0.1, 0.15) is 30.4 Å². The van der Waals surface area contributed by atoms with E-state index in [1.807, 2.05) is 23.1 Å². The van der Waals surface area contributed by atoms with Crippen molar-refractivity contribution in [2.45, 2.75) is 37.9 Å². The van der Waals surface area contributed by atoms with Gasteiger partial charge in [0.1, 0.15) is 0 Å². The molecule has 164 valence electrons. The van der Waals surface area contributed by atoms with Crippen LogP contribution in [0.25, 0.3) is 0 Å². The van der Waals surface area contributed by atoms with Gasteiger partial charge in [-0.15, -0.1) is 0 Å². The van der Waals surface area contributed by atoms with E-state index in [1.54, 1.807) is 0 Å². The molecule has 0 unspecified atom stereocenters. The van der Waals surface area contributed by atoms with E-state index >= 15 is 0 Å². The van der Waals surface area contributed by atoms with Crippen LogP contribution in [0.3, 0.4) is 0 Å². The summed E-state index contributed by atoms with van der Waals surface area (Å²) in [5.74, 6) is -0.452. The van der Waals surface area contributed by atoms with E-state index in [4.69, 9.17) is 11.6 Å². The smallest absolute Gasteiger partial charge is 0.292 e. The first kappa shape index (κ1) is 21.8. The number of hydrogen-bond acceptors (Lipinski definition) is 3. The molecule has 4 rings (SSSR count). The van der Waals surface area contributed by atoms with Crippen molar-refractivity contribution in [3.8, 4) is 0 Å². The molecular formula is C23H22ClF3N2O2. The summed E-state index contributed by atoms with van der Waals surface area (Å²) in [4.78, 5) is 28.4. The number of alkyl halides is 3. The highest BCUT2D eigenvalue weighted by molar-refractivity contribution is 6.31. The van der Waals surface area contributed by atoms with Gasteiger partial charge >= 0.3 is 6.18 Å². The third kappa shape index (κ3) is 4.62. The molecule has 0 N–H and O–H groups in total. The van der Waals surface area contributed by atoms with Gasteiger partial charge in [-0.05, 0) is 62.0 Å². The van der Waals surface area contributed by atoms with Crippen molar-refractivity contribution in [2.75, 3.05) is 18.0 Å². The lowest BCUT2D eigenvalue weighted by molar-refractivity contribution is -0.137. The highest BCUT2D eigenvalue weighted by Crippen LogP contribution is 2.38. The number of nitrogens with zero attached hydrogens (tertiary/aromatic N) is 2. The van der Waals surface area contributed by atoms with E-state index < -0.39 is 34.6 Å². The van der Waals surface area contributed by atoms with Gasteiger partial charge in [0.05, 0.1) is 28.7 Å². The Hall–Kier alpha value is -2.38. The van der Waals surface area contributed by atoms with Gasteiger partial charge in [0.25, 0.3) is 5.91 Å². The number of rotatable bonds is 4. The maximum atomic E-state index is 13.2. The summed E-state index contributed by atoms with van der Waals surface area (Å²) >= 11 is 5.67. The molecule has 2 aromatic carbocycles. The molecule has 0 aliphatic carbocycles. The van der Waals surface area contributed by atoms with Gasteiger partial charge in [0.2, 0.25) is 5.91 Å². The molecule has 2 saturated heterocycles. The second kappa shape index (κ2) is 8.63. The van der Waals surface area contributed by atoms with E-state index in [-0.39, 0.29) is 12.1 Å². The zero-order valence-electron chi connectivity index (χ0n) is 16.7. The van der Waals surface area contributed by atoms with Gasteiger partial charge in [-0.2, -0.15) is 13.2 Å². The molecule has 2 aromatic rings. The SMILES string of the molecule is O=C1C[C@H](N2CCC(Cc3ccccc3)CC2)C(=O)N1c1ccc(Cl)c(C(F)(F)F)c1. The summed E-state index contributed by atoms with van der Waals surface area (Å²) in [6.45, 7) is 1.37. The van der Waals surface area contributed by atoms with Crippen molar-refractivity contribution < 1.29 is 22.8 Å². The van der Waals surface area contributed by atoms with Crippen molar-refractivity contribution in [1.29, 1.82) is 0 Å². The van der Waals surface area contributed by atoms with Crippen molar-refractivity contribution in [1.82, 2.24) is 4.90 Å². The number of hydrogen-bond donors (Lipinski definition) is 0. The largest absolute Gasteiger partial charge is 0.417 e. The molecule has 1 atom stereocenters. The zero-order chi connectivity index (χ0) is 22.2. The Bertz CT molecular complexity index is 973. The quantitative estimate of drug-likeness (QED) is 0.619. The summed E-state index contributed by atoms with van der Waals surface area (Å²) in [6, 6.07) is 12.7. The molecule has 8 heteroatoms. The molecule has 4 nitrogen and oxygen atoms in total. The average Bonchev–Trinajstić information content (AvgIpc) is 3.03. The van der Waals surface area contributed by atoms with Gasteiger partial charge in [-0.3, -0.25) is 14.5 Å². The Balaban J connectivity index is 1.43. The molecule has 2 aliphatic heterocycles. The van der Waals surface area contributed by atoms with Crippen molar-refractivity contribution in [3.05, 3.63) is 64.7 Å². The first-order chi connectivity index (χ1) is 14.7. The van der Waals surface area contributed by atoms with Crippen LogP contribution in [0.4, 0.5) is 18.9 Å². The average molecular weight is 451 g/mol. The number of anilines is 1. The van der Waals surface area contributed by atoms with Crippen LogP contribution >= 0.6 is 11.6 Å². The standard InChI is InChI=1S/C23H22ClF3N2O2/c24-19-7-6-17(13-18(19)23(25,26)27)29-21(30)14-20(22(29)31)28-10-8-16(9-11-28)12-15-4-2-1-3-5-15/h1-7,13,16,20H,8-12,14H2/t20-/m0/s1. The predicted molar refractivity (Wildman–Crippen MR) is 112 cm³/mol. The molecule has 2 aliphatic rings. The first-order valence-electron chi connectivity index (χ1n) is 10.3. The van der Waals surface area contributed by atoms with Crippen LogP contribution in [0.15, 0.2) is 48.5 Å². The lowest BCUT2D eigenvalue weighted by atomic mass is 9.89. The fourth-order valence-corrected chi connectivity index (χ4v) is 4.68. The number of likely N-dealkylation sites (tertiary alicyclic amines) is 1. The topological polar surface area (TPSA) is 40.6 Å².